The van der Waals surface area contributed by atoms with Gasteiger partial charge in [-0.05, 0) is 38.7 Å². The van der Waals surface area contributed by atoms with Crippen LogP contribution in [-0.4, -0.2) is 29.8 Å². The zero-order valence-corrected chi connectivity index (χ0v) is 13.5. The Bertz CT molecular complexity index is 693. The summed E-state index contributed by atoms with van der Waals surface area (Å²) in [5.74, 6) is -0.231. The summed E-state index contributed by atoms with van der Waals surface area (Å²) in [6, 6.07) is 0. The average Bonchev–Trinajstić information content (AvgIpc) is 3.05. The van der Waals surface area contributed by atoms with Crippen molar-refractivity contribution < 1.29 is 28.9 Å². The fraction of sp³-hybridized carbons (Fsp3) is 0.529. The van der Waals surface area contributed by atoms with Crippen molar-refractivity contribution in [2.45, 2.75) is 51.7 Å². The molecular formula is C17H20O6. The Morgan fingerprint density at radius 3 is 2.70 bits per heavy atom. The Morgan fingerprint density at radius 1 is 1.35 bits per heavy atom. The molecule has 1 atom stereocenters. The molecule has 124 valence electrons. The summed E-state index contributed by atoms with van der Waals surface area (Å²) < 4.78 is 15.9. The van der Waals surface area contributed by atoms with Crippen molar-refractivity contribution in [2.75, 3.05) is 7.11 Å². The van der Waals surface area contributed by atoms with Gasteiger partial charge in [-0.2, -0.15) is 0 Å². The monoisotopic (exact) mass is 320 g/mol. The van der Waals surface area contributed by atoms with Crippen molar-refractivity contribution in [1.82, 2.24) is 0 Å². The number of ether oxygens (including phenoxy) is 3. The van der Waals surface area contributed by atoms with Gasteiger partial charge in [0.25, 0.3) is 0 Å². The molecule has 1 saturated heterocycles. The van der Waals surface area contributed by atoms with Crippen LogP contribution in [0.3, 0.4) is 0 Å². The van der Waals surface area contributed by atoms with E-state index in [-0.39, 0.29) is 23.9 Å². The molecule has 6 nitrogen and oxygen atoms in total. The van der Waals surface area contributed by atoms with E-state index in [1.165, 1.54) is 7.11 Å². The van der Waals surface area contributed by atoms with Crippen molar-refractivity contribution in [2.24, 2.45) is 0 Å². The zero-order chi connectivity index (χ0) is 16.8. The molecule has 2 aliphatic rings. The average molecular weight is 320 g/mol. The smallest absolute Gasteiger partial charge is 0.342 e. The van der Waals surface area contributed by atoms with E-state index in [1.54, 1.807) is 0 Å². The number of carbonyl (C=O) groups excluding carboxylic acids is 2. The summed E-state index contributed by atoms with van der Waals surface area (Å²) in [5.41, 5.74) is 1.72. The molecule has 2 heterocycles. The first-order valence-corrected chi connectivity index (χ1v) is 7.66. The minimum Gasteiger partial charge on any atom is -0.507 e. The minimum atomic E-state index is -0.540. The number of hydrogen-bond acceptors (Lipinski definition) is 6. The van der Waals surface area contributed by atoms with E-state index in [0.717, 1.165) is 5.56 Å². The van der Waals surface area contributed by atoms with E-state index in [1.807, 2.05) is 13.8 Å². The van der Waals surface area contributed by atoms with Crippen LogP contribution in [0.25, 0.3) is 0 Å². The van der Waals surface area contributed by atoms with Crippen LogP contribution in [0.4, 0.5) is 0 Å². The maximum atomic E-state index is 11.9. The summed E-state index contributed by atoms with van der Waals surface area (Å²) in [6.45, 7) is 3.88. The summed E-state index contributed by atoms with van der Waals surface area (Å²) in [7, 11) is 1.53. The Morgan fingerprint density at radius 2 is 2.09 bits per heavy atom. The van der Waals surface area contributed by atoms with Gasteiger partial charge in [0.05, 0.1) is 7.11 Å². The first-order valence-electron chi connectivity index (χ1n) is 7.66. The number of hydrogen-bond donors (Lipinski definition) is 1. The third-order valence-electron chi connectivity index (χ3n) is 4.77. The highest BCUT2D eigenvalue weighted by atomic mass is 16.6. The molecule has 0 amide bonds. The largest absolute Gasteiger partial charge is 0.507 e. The van der Waals surface area contributed by atoms with Crippen LogP contribution in [0.15, 0.2) is 0 Å². The molecule has 0 radical (unpaired) electrons. The number of phenolic OH excluding ortho intramolecular Hbond substituents is 1. The van der Waals surface area contributed by atoms with Gasteiger partial charge in [-0.1, -0.05) is 0 Å². The molecule has 0 unspecified atom stereocenters. The van der Waals surface area contributed by atoms with Gasteiger partial charge in [-0.15, -0.1) is 0 Å². The summed E-state index contributed by atoms with van der Waals surface area (Å²) in [5, 5.41) is 10.5. The van der Waals surface area contributed by atoms with Crippen molar-refractivity contribution in [3.8, 4) is 11.5 Å². The zero-order valence-electron chi connectivity index (χ0n) is 13.5. The first kappa shape index (κ1) is 15.6. The molecule has 2 aliphatic heterocycles. The third kappa shape index (κ3) is 2.52. The minimum absolute atomic E-state index is 0.0853. The molecule has 0 saturated carbocycles. The number of fused-ring (bicyclic) bond motifs is 1. The van der Waals surface area contributed by atoms with E-state index in [2.05, 4.69) is 0 Å². The van der Waals surface area contributed by atoms with Gasteiger partial charge in [0.15, 0.2) is 0 Å². The van der Waals surface area contributed by atoms with Crippen molar-refractivity contribution >= 4 is 11.9 Å². The molecule has 1 N–H and O–H groups in total. The quantitative estimate of drug-likeness (QED) is 0.858. The lowest BCUT2D eigenvalue weighted by molar-refractivity contribution is -0.147. The Labute approximate surface area is 134 Å². The molecule has 6 heteroatoms. The predicted octanol–water partition coefficient (Wildman–Crippen LogP) is 2.41. The molecule has 3 rings (SSSR count). The van der Waals surface area contributed by atoms with Crippen molar-refractivity contribution in [3.05, 3.63) is 22.3 Å². The molecule has 0 bridgehead atoms. The maximum Gasteiger partial charge on any atom is 0.342 e. The molecular weight excluding hydrogens is 300 g/mol. The molecule has 0 aromatic heterocycles. The van der Waals surface area contributed by atoms with E-state index in [9.17, 15) is 14.7 Å². The van der Waals surface area contributed by atoms with Crippen LogP contribution < -0.4 is 4.74 Å². The summed E-state index contributed by atoms with van der Waals surface area (Å²) in [6.07, 6.45) is 2.06. The highest BCUT2D eigenvalue weighted by molar-refractivity contribution is 5.98. The Kier molecular flexibility index (Phi) is 3.70. The number of esters is 2. The van der Waals surface area contributed by atoms with Gasteiger partial charge >= 0.3 is 11.9 Å². The normalized spacial score (nSPS) is 22.7. The standard InChI is InChI=1S/C17H20O6/c1-9-11-8-22-16(20)13(11)14(19)10(15(9)21-3)4-6-17(2)7-5-12(18)23-17/h19H,4-8H2,1-3H3/t17-/m1/s1. The predicted molar refractivity (Wildman–Crippen MR) is 80.6 cm³/mol. The van der Waals surface area contributed by atoms with Gasteiger partial charge in [0.2, 0.25) is 0 Å². The van der Waals surface area contributed by atoms with Crippen LogP contribution >= 0.6 is 0 Å². The highest BCUT2D eigenvalue weighted by Gasteiger charge is 2.37. The second kappa shape index (κ2) is 5.44. The van der Waals surface area contributed by atoms with Crippen LogP contribution in [-0.2, 0) is 27.3 Å². The van der Waals surface area contributed by atoms with Crippen LogP contribution in [0, 0.1) is 6.92 Å². The third-order valence-corrected chi connectivity index (χ3v) is 4.77. The number of aromatic hydroxyl groups is 1. The first-order chi connectivity index (χ1) is 10.9. The van der Waals surface area contributed by atoms with E-state index < -0.39 is 11.6 Å². The van der Waals surface area contributed by atoms with Crippen molar-refractivity contribution in [3.63, 3.8) is 0 Å². The van der Waals surface area contributed by atoms with Gasteiger partial charge in [-0.25, -0.2) is 4.79 Å². The number of cyclic esters (lactones) is 2. The lowest BCUT2D eigenvalue weighted by Gasteiger charge is -2.24. The number of benzene rings is 1. The van der Waals surface area contributed by atoms with Gasteiger partial charge in [-0.3, -0.25) is 4.79 Å². The number of phenols is 1. The summed E-state index contributed by atoms with van der Waals surface area (Å²) >= 11 is 0. The fourth-order valence-electron chi connectivity index (χ4n) is 3.38. The molecule has 1 aromatic rings. The molecule has 23 heavy (non-hydrogen) atoms. The number of carbonyl (C=O) groups is 2. The van der Waals surface area contributed by atoms with Crippen LogP contribution in [0.2, 0.25) is 0 Å². The van der Waals surface area contributed by atoms with E-state index in [4.69, 9.17) is 14.2 Å². The van der Waals surface area contributed by atoms with Gasteiger partial charge in [0.1, 0.15) is 29.3 Å². The SMILES string of the molecule is COc1c(C)c2c(c(O)c1CC[C@]1(C)CCC(=O)O1)C(=O)OC2. The second-order valence-electron chi connectivity index (χ2n) is 6.34. The number of rotatable bonds is 4. The van der Waals surface area contributed by atoms with Gasteiger partial charge < -0.3 is 19.3 Å². The lowest BCUT2D eigenvalue weighted by Crippen LogP contribution is -2.24. The second-order valence-corrected chi connectivity index (χ2v) is 6.34. The Balaban J connectivity index is 1.96. The lowest BCUT2D eigenvalue weighted by atomic mass is 9.90. The number of methoxy groups -OCH3 is 1. The van der Waals surface area contributed by atoms with E-state index >= 15 is 0 Å². The van der Waals surface area contributed by atoms with E-state index in [0.29, 0.717) is 42.6 Å². The molecule has 0 spiro atoms. The molecule has 0 aliphatic carbocycles. The molecule has 1 fully saturated rings. The van der Waals surface area contributed by atoms with Crippen LogP contribution in [0.1, 0.15) is 53.2 Å². The highest BCUT2D eigenvalue weighted by Crippen LogP contribution is 2.43. The molecule has 1 aromatic carbocycles. The maximum absolute atomic E-state index is 11.9. The Hall–Kier alpha value is -2.24. The summed E-state index contributed by atoms with van der Waals surface area (Å²) in [4.78, 5) is 23.2. The topological polar surface area (TPSA) is 82.1 Å². The van der Waals surface area contributed by atoms with Gasteiger partial charge in [0, 0.05) is 17.5 Å². The van der Waals surface area contributed by atoms with Crippen molar-refractivity contribution in [1.29, 1.82) is 0 Å². The fourth-order valence-corrected chi connectivity index (χ4v) is 3.38. The van der Waals surface area contributed by atoms with Crippen LogP contribution in [0.5, 0.6) is 11.5 Å².